The van der Waals surface area contributed by atoms with E-state index in [1.807, 2.05) is 25.1 Å². The Morgan fingerprint density at radius 2 is 2.11 bits per heavy atom. The zero-order valence-electron chi connectivity index (χ0n) is 15.0. The zero-order chi connectivity index (χ0) is 18.6. The van der Waals surface area contributed by atoms with E-state index in [-0.39, 0.29) is 0 Å². The van der Waals surface area contributed by atoms with Crippen molar-refractivity contribution in [1.29, 1.82) is 0 Å². The molecule has 0 spiro atoms. The first-order valence-electron chi connectivity index (χ1n) is 8.82. The second-order valence-corrected chi connectivity index (χ2v) is 8.10. The van der Waals surface area contributed by atoms with E-state index in [1.165, 1.54) is 4.21 Å². The van der Waals surface area contributed by atoms with Gasteiger partial charge in [0.05, 0.1) is 15.2 Å². The van der Waals surface area contributed by atoms with Gasteiger partial charge in [-0.3, -0.25) is 4.72 Å². The van der Waals surface area contributed by atoms with Gasteiger partial charge in [-0.25, -0.2) is 9.97 Å². The second kappa shape index (κ2) is 8.26. The van der Waals surface area contributed by atoms with Gasteiger partial charge in [0.2, 0.25) is 0 Å². The highest BCUT2D eigenvalue weighted by atomic mass is 32.2. The number of hydrogen-bond acceptors (Lipinski definition) is 7. The van der Waals surface area contributed by atoms with Crippen molar-refractivity contribution in [3.8, 4) is 0 Å². The third-order valence-corrected chi connectivity index (χ3v) is 6.12. The van der Waals surface area contributed by atoms with Crippen molar-refractivity contribution >= 4 is 51.0 Å². The van der Waals surface area contributed by atoms with Crippen LogP contribution in [0.25, 0.3) is 21.9 Å². The van der Waals surface area contributed by atoms with Gasteiger partial charge in [-0.05, 0) is 36.4 Å². The van der Waals surface area contributed by atoms with Crippen LogP contribution >= 0.6 is 23.3 Å². The highest BCUT2D eigenvalue weighted by Gasteiger charge is 2.17. The number of pyridine rings is 1. The lowest BCUT2D eigenvalue weighted by atomic mass is 10.2. The molecule has 0 aliphatic carbocycles. The predicted octanol–water partition coefficient (Wildman–Crippen LogP) is 4.06. The van der Waals surface area contributed by atoms with Crippen molar-refractivity contribution in [3.05, 3.63) is 47.6 Å². The smallest absolute Gasteiger partial charge is 0.152 e. The average Bonchev–Trinajstić information content (AvgIpc) is 3.32. The molecule has 0 saturated carbocycles. The van der Waals surface area contributed by atoms with E-state index in [0.717, 1.165) is 40.9 Å². The Morgan fingerprint density at radius 3 is 2.93 bits per heavy atom. The number of imidazole rings is 1. The van der Waals surface area contributed by atoms with E-state index in [2.05, 4.69) is 37.9 Å². The number of thiophene rings is 1. The maximum absolute atomic E-state index is 6.21. The summed E-state index contributed by atoms with van der Waals surface area (Å²) in [6.07, 6.45) is 0. The fourth-order valence-electron chi connectivity index (χ4n) is 3.05. The lowest BCUT2D eigenvalue weighted by Crippen LogP contribution is -2.15. The molecule has 4 aromatic rings. The summed E-state index contributed by atoms with van der Waals surface area (Å²) in [5.74, 6) is 1.33. The van der Waals surface area contributed by atoms with Crippen LogP contribution in [0.4, 0.5) is 5.82 Å². The average molecular weight is 400 g/mol. The van der Waals surface area contributed by atoms with Crippen molar-refractivity contribution in [3.63, 3.8) is 0 Å². The van der Waals surface area contributed by atoms with Crippen molar-refractivity contribution < 1.29 is 4.74 Å². The Kier molecular flexibility index (Phi) is 5.58. The number of benzene rings is 1. The summed E-state index contributed by atoms with van der Waals surface area (Å²) in [6, 6.07) is 12.2. The highest BCUT2D eigenvalue weighted by molar-refractivity contribution is 7.99. The van der Waals surface area contributed by atoms with Gasteiger partial charge in [0, 0.05) is 25.1 Å². The molecular formula is C19H21N5OS2. The molecule has 27 heavy (non-hydrogen) atoms. The van der Waals surface area contributed by atoms with Gasteiger partial charge in [-0.2, -0.15) is 0 Å². The van der Waals surface area contributed by atoms with E-state index in [0.29, 0.717) is 19.0 Å². The molecule has 0 amide bonds. The molecule has 0 aliphatic heterocycles. The van der Waals surface area contributed by atoms with Crippen molar-refractivity contribution in [2.75, 3.05) is 18.9 Å². The van der Waals surface area contributed by atoms with E-state index in [4.69, 9.17) is 15.5 Å². The van der Waals surface area contributed by atoms with Crippen LogP contribution in [-0.2, 0) is 17.9 Å². The number of ether oxygens (including phenoxy) is 1. The number of nitrogen functional groups attached to an aromatic ring is 1. The molecule has 6 nitrogen and oxygen atoms in total. The Hall–Kier alpha value is -2.13. The van der Waals surface area contributed by atoms with Crippen molar-refractivity contribution in [2.24, 2.45) is 0 Å². The lowest BCUT2D eigenvalue weighted by Gasteiger charge is -2.11. The van der Waals surface area contributed by atoms with Crippen LogP contribution < -0.4 is 10.5 Å². The summed E-state index contributed by atoms with van der Waals surface area (Å²) < 4.78 is 12.5. The van der Waals surface area contributed by atoms with E-state index >= 15 is 0 Å². The summed E-state index contributed by atoms with van der Waals surface area (Å²) in [5, 5.41) is 3.14. The molecule has 1 aromatic carbocycles. The Labute approximate surface area is 165 Å². The fraction of sp³-hybridized carbons (Fsp3) is 0.263. The molecule has 3 heterocycles. The monoisotopic (exact) mass is 399 g/mol. The predicted molar refractivity (Wildman–Crippen MR) is 113 cm³/mol. The van der Waals surface area contributed by atoms with Gasteiger partial charge in [-0.15, -0.1) is 11.3 Å². The van der Waals surface area contributed by atoms with Crippen LogP contribution in [0.3, 0.4) is 0 Å². The van der Waals surface area contributed by atoms with Crippen LogP contribution in [0.2, 0.25) is 0 Å². The first kappa shape index (κ1) is 18.2. The van der Waals surface area contributed by atoms with E-state index in [9.17, 15) is 0 Å². The number of nitrogens with one attached hydrogen (secondary N) is 1. The third kappa shape index (κ3) is 3.79. The number of fused-ring (bicyclic) bond motifs is 3. The number of nitrogens with two attached hydrogens (primary N) is 1. The molecule has 3 N–H and O–H groups in total. The van der Waals surface area contributed by atoms with Gasteiger partial charge in [-0.1, -0.05) is 24.3 Å². The van der Waals surface area contributed by atoms with Gasteiger partial charge < -0.3 is 15.0 Å². The molecule has 0 aliphatic rings. The number of hydrogen-bond donors (Lipinski definition) is 2. The number of anilines is 1. The summed E-state index contributed by atoms with van der Waals surface area (Å²) >= 11 is 3.38. The number of nitrogens with zero attached hydrogens (tertiary/aromatic N) is 3. The van der Waals surface area contributed by atoms with E-state index in [1.54, 1.807) is 23.3 Å². The molecule has 0 unspecified atom stereocenters. The van der Waals surface area contributed by atoms with Crippen molar-refractivity contribution in [2.45, 2.75) is 24.3 Å². The molecule has 3 aromatic heterocycles. The molecule has 4 rings (SSSR count). The lowest BCUT2D eigenvalue weighted by molar-refractivity contribution is 0.126. The maximum Gasteiger partial charge on any atom is 0.152 e. The summed E-state index contributed by atoms with van der Waals surface area (Å²) in [6.45, 7) is 4.65. The molecule has 0 saturated heterocycles. The molecule has 8 heteroatoms. The number of aromatic nitrogens is 3. The van der Waals surface area contributed by atoms with Crippen LogP contribution in [0.1, 0.15) is 12.7 Å². The van der Waals surface area contributed by atoms with Gasteiger partial charge in [0.1, 0.15) is 17.9 Å². The topological polar surface area (TPSA) is 78.0 Å². The highest BCUT2D eigenvalue weighted by Crippen LogP contribution is 2.29. The van der Waals surface area contributed by atoms with Gasteiger partial charge >= 0.3 is 0 Å². The first-order valence-corrected chi connectivity index (χ1v) is 10.5. The van der Waals surface area contributed by atoms with E-state index < -0.39 is 0 Å². The normalized spacial score (nSPS) is 11.6. The van der Waals surface area contributed by atoms with Gasteiger partial charge in [0.25, 0.3) is 0 Å². The third-order valence-electron chi connectivity index (χ3n) is 4.23. The molecule has 140 valence electrons. The maximum atomic E-state index is 6.21. The Bertz CT molecular complexity index is 1050. The first-order chi connectivity index (χ1) is 13.3. The zero-order valence-corrected chi connectivity index (χ0v) is 16.6. The molecule has 0 atom stereocenters. The minimum absolute atomic E-state index is 0.455. The molecule has 0 fully saturated rings. The fourth-order valence-corrected chi connectivity index (χ4v) is 4.52. The van der Waals surface area contributed by atoms with Crippen LogP contribution in [-0.4, -0.2) is 27.7 Å². The minimum Gasteiger partial charge on any atom is -0.382 e. The number of para-hydroxylation sites is 1. The van der Waals surface area contributed by atoms with Crippen molar-refractivity contribution in [1.82, 2.24) is 19.3 Å². The quantitative estimate of drug-likeness (QED) is 0.344. The molecular weight excluding hydrogens is 378 g/mol. The summed E-state index contributed by atoms with van der Waals surface area (Å²) in [5.41, 5.74) is 8.86. The summed E-state index contributed by atoms with van der Waals surface area (Å²) in [4.78, 5) is 9.26. The number of rotatable bonds is 8. The Balaban J connectivity index is 1.68. The summed E-state index contributed by atoms with van der Waals surface area (Å²) in [7, 11) is 0. The second-order valence-electron chi connectivity index (χ2n) is 5.96. The molecule has 0 bridgehead atoms. The standard InChI is InChI=1S/C19H21N5OS2/c1-2-25-12-15-23-17-18(13-6-3-4-7-14(13)22-19(17)20)24(15)10-9-21-27-16-8-5-11-26-16/h3-8,11,21H,2,9-10,12H2,1H3,(H2,20,22). The largest absolute Gasteiger partial charge is 0.382 e. The van der Waals surface area contributed by atoms with Crippen LogP contribution in [0, 0.1) is 0 Å². The van der Waals surface area contributed by atoms with Crippen LogP contribution in [0.5, 0.6) is 0 Å². The minimum atomic E-state index is 0.455. The molecule has 0 radical (unpaired) electrons. The SMILES string of the molecule is CCOCc1nc2c(N)nc3ccccc3c2n1CCNSc1cccs1. The Morgan fingerprint density at radius 1 is 1.22 bits per heavy atom. The van der Waals surface area contributed by atoms with Gasteiger partial charge in [0.15, 0.2) is 5.82 Å². The van der Waals surface area contributed by atoms with Crippen LogP contribution in [0.15, 0.2) is 46.0 Å².